The third-order valence-corrected chi connectivity index (χ3v) is 17.1. The molecule has 7 N–H and O–H groups in total. The van der Waals surface area contributed by atoms with Crippen LogP contribution in [-0.4, -0.2) is 296 Å². The van der Waals surface area contributed by atoms with E-state index in [0.717, 1.165) is 0 Å². The van der Waals surface area contributed by atoms with Crippen molar-refractivity contribution in [2.45, 2.75) is 215 Å². The molecule has 0 spiro atoms. The average Bonchev–Trinajstić information content (AvgIpc) is 0.783. The van der Waals surface area contributed by atoms with Crippen LogP contribution in [0, 0.1) is 0 Å². The Kier molecular flexibility index (Phi) is 29.7. The van der Waals surface area contributed by atoms with Crippen molar-refractivity contribution in [3.8, 4) is 0 Å². The van der Waals surface area contributed by atoms with Gasteiger partial charge in [0, 0.05) is 68.8 Å². The van der Waals surface area contributed by atoms with Gasteiger partial charge in [-0.15, -0.1) is 0 Å². The first kappa shape index (κ1) is 80.2. The predicted molar refractivity (Wildman–Crippen MR) is 325 cm³/mol. The number of aliphatic hydroxyl groups is 7. The summed E-state index contributed by atoms with van der Waals surface area (Å²) >= 11 is 0. The van der Waals surface area contributed by atoms with Crippen LogP contribution in [0.3, 0.4) is 0 Å². The van der Waals surface area contributed by atoms with E-state index in [9.17, 15) is 113 Å². The van der Waals surface area contributed by atoms with Gasteiger partial charge in [0.25, 0.3) is 0 Å². The van der Waals surface area contributed by atoms with Crippen LogP contribution < -0.4 is 0 Å². The van der Waals surface area contributed by atoms with Gasteiger partial charge in [0.1, 0.15) is 42.7 Å². The third-order valence-electron chi connectivity index (χ3n) is 17.1. The molecule has 0 aliphatic carbocycles. The van der Waals surface area contributed by atoms with Crippen LogP contribution in [0.4, 0.5) is 0 Å². The monoisotopic (exact) mass is 1480 g/mol. The standard InChI is InChI=1S/C42H56N42O21/c43-71-57-1-8-29-15(64-78-50)22(85)36(92-8)100-30-9(2-58-72-44)94-38(24(87)17(30)66-80-52)102-32-11(4-60-74-46)96-40(26(89)19(32)68-82-54)104-34-13(6-62-76-48)98-42(28(91)21(34)70-84-56)105-35-14(7-63-77-49)97-41(27(90)20(35)69-83-55)103-33-12(5-61-75-47)95-39(25(88)18(33)67-81-53)101-31-10(3-59-73-45)93-37(99-29)23(86)16(31)65-79-51/h8-42,85-91H,1-7H2/t8-,9-,10-,11-,12-,13-,14-,15+,16+,17+,18+,19+,20+,21+,22+,23+,24+,25+,26+,27+,28+,29-,30-,31-,32-,33-,34-,35-,36-,37-,38-,39-,40-,41-,42-/m1/s1. The van der Waals surface area contributed by atoms with Crippen molar-refractivity contribution in [1.29, 1.82) is 0 Å². The van der Waals surface area contributed by atoms with Crippen LogP contribution in [0.15, 0.2) is 71.6 Å². The van der Waals surface area contributed by atoms with Crippen LogP contribution >= 0.6 is 0 Å². The number of hydrogen-bond donors (Lipinski definition) is 7. The van der Waals surface area contributed by atoms with E-state index < -0.39 is 260 Å². The number of rotatable bonds is 21. The summed E-state index contributed by atoms with van der Waals surface area (Å²) in [5.41, 5.74) is 137. The molecule has 0 aromatic rings. The molecule has 0 radical (unpaired) electrons. The first-order valence-electron chi connectivity index (χ1n) is 30.2. The minimum atomic E-state index is -2.35. The summed E-state index contributed by atoms with van der Waals surface area (Å²) in [6.45, 7) is -6.18. The van der Waals surface area contributed by atoms with Gasteiger partial charge in [0.05, 0.1) is 174 Å². The van der Waals surface area contributed by atoms with Crippen LogP contribution in [0.25, 0.3) is 146 Å². The molecule has 105 heavy (non-hydrogen) atoms. The quantitative estimate of drug-likeness (QED) is 0.0493. The Morgan fingerprint density at radius 2 is 0.295 bits per heavy atom. The van der Waals surface area contributed by atoms with Gasteiger partial charge in [-0.3, -0.25) is 0 Å². The molecule has 21 saturated heterocycles. The SMILES string of the molecule is [N-]=[N+]=NC[C@H]1O[C@@H]2O[C@H]3[C@@H](N=[N+]=[N-])[C@H](O)[C@@H](O[C@H]4[C@@H](N=[N+]=[N-])[C@H](O)[C@@H](O[C@H]5[C@@H](N=[N+]=[N-])[C@H](O)[C@@H](O[C@H]6[C@@H](N=[N+]=[N-])[C@H](O)[C@@H](O[C@H]7[C@@H](N=[N+]=[N-])[C@H](O)[C@@H](O[C@H]8[C@@H](N=[N+]=[N-])[C@H](O)[C@@H](O[C@H]1[C@@H](N=[N+]=[N-])[C@@H]2O)O[C@@H]8CN=[N+]=[N-])O[C@@H]7CN=[N+]=[N-])O[C@@H]6CN=[N+]=[N-])O[C@@H]5CN=[N+]=[N-])O[C@@H]4CN=[N+]=[N-])O[C@@H]3CN=[N+]=[N-]. The zero-order valence-electron chi connectivity index (χ0n) is 52.8. The van der Waals surface area contributed by atoms with E-state index in [2.05, 4.69) is 140 Å². The van der Waals surface area contributed by atoms with Crippen molar-refractivity contribution in [2.24, 2.45) is 71.6 Å². The van der Waals surface area contributed by atoms with E-state index in [1.165, 1.54) is 0 Å². The Labute approximate surface area is 579 Å². The molecule has 0 unspecified atom stereocenters. The normalized spacial score (nSPS) is 42.1. The summed E-state index contributed by atoms with van der Waals surface area (Å²) in [6.07, 6.45) is -59.2. The minimum absolute atomic E-state index is 0.883. The van der Waals surface area contributed by atoms with E-state index in [1.807, 2.05) is 0 Å². The molecule has 63 nitrogen and oxygen atoms in total. The summed E-state index contributed by atoms with van der Waals surface area (Å²) in [7, 11) is 0. The summed E-state index contributed by atoms with van der Waals surface area (Å²) < 4.78 is 85.6. The second kappa shape index (κ2) is 38.9. The second-order valence-corrected chi connectivity index (χ2v) is 22.7. The molecule has 21 fully saturated rings. The Hall–Kier alpha value is -10.5. The highest BCUT2D eigenvalue weighted by Crippen LogP contribution is 2.42. The molecule has 0 aromatic heterocycles. The van der Waals surface area contributed by atoms with Crippen molar-refractivity contribution < 1.29 is 102 Å². The molecular weight excluding hydrogens is 1430 g/mol. The van der Waals surface area contributed by atoms with Crippen molar-refractivity contribution >= 4 is 0 Å². The Bertz CT molecular complexity index is 3110. The molecule has 21 aliphatic rings. The fraction of sp³-hybridized carbons (Fsp3) is 1.00. The molecule has 21 rings (SSSR count). The van der Waals surface area contributed by atoms with Gasteiger partial charge in [0.15, 0.2) is 44.0 Å². The number of azide groups is 14. The average molecular weight is 1490 g/mol. The molecule has 21 aliphatic heterocycles. The van der Waals surface area contributed by atoms with Crippen molar-refractivity contribution in [3.63, 3.8) is 0 Å². The van der Waals surface area contributed by atoms with E-state index >= 15 is 0 Å². The minimum Gasteiger partial charge on any atom is -0.387 e. The fourth-order valence-electron chi connectivity index (χ4n) is 12.6. The number of hydrogen-bond acceptors (Lipinski definition) is 35. The molecule has 0 aromatic carbocycles. The van der Waals surface area contributed by atoms with E-state index in [1.54, 1.807) is 0 Å². The highest BCUT2D eigenvalue weighted by atomic mass is 16.8. The summed E-state index contributed by atoms with van der Waals surface area (Å²) in [4.78, 5) is 38.4. The largest absolute Gasteiger partial charge is 0.387 e. The molecule has 0 saturated carbocycles. The summed E-state index contributed by atoms with van der Waals surface area (Å²) in [5, 5.41) is 135. The van der Waals surface area contributed by atoms with Crippen LogP contribution in [0.5, 0.6) is 0 Å². The van der Waals surface area contributed by atoms with Gasteiger partial charge in [-0.1, -0.05) is 71.6 Å². The molecule has 35 atom stereocenters. The molecule has 0 amide bonds. The van der Waals surface area contributed by atoms with Crippen LogP contribution in [-0.2, 0) is 66.3 Å². The molecular formula is C42H56N42O21. The number of aliphatic hydroxyl groups excluding tert-OH is 7. The third kappa shape index (κ3) is 18.4. The molecule has 14 bridgehead atoms. The van der Waals surface area contributed by atoms with E-state index in [-0.39, 0.29) is 0 Å². The van der Waals surface area contributed by atoms with E-state index in [0.29, 0.717) is 0 Å². The van der Waals surface area contributed by atoms with Gasteiger partial charge < -0.3 is 102 Å². The summed E-state index contributed by atoms with van der Waals surface area (Å²) in [6, 6.07) is -14.5. The maximum Gasteiger partial charge on any atom is 0.184 e. The first-order chi connectivity index (χ1) is 50.9. The highest BCUT2D eigenvalue weighted by Gasteiger charge is 2.60. The Balaban J connectivity index is 1.29. The highest BCUT2D eigenvalue weighted by molar-refractivity contribution is 5.08. The van der Waals surface area contributed by atoms with Crippen molar-refractivity contribution in [1.82, 2.24) is 0 Å². The molecule has 21 heterocycles. The van der Waals surface area contributed by atoms with Crippen LogP contribution in [0.2, 0.25) is 0 Å². The van der Waals surface area contributed by atoms with Gasteiger partial charge in [-0.25, -0.2) is 0 Å². The number of ether oxygens (including phenoxy) is 14. The smallest absolute Gasteiger partial charge is 0.184 e. The van der Waals surface area contributed by atoms with Gasteiger partial charge >= 0.3 is 0 Å². The number of nitrogens with zero attached hydrogens (tertiary/aromatic N) is 42. The lowest BCUT2D eigenvalue weighted by molar-refractivity contribution is -0.365. The van der Waals surface area contributed by atoms with E-state index in [4.69, 9.17) is 66.3 Å². The second-order valence-electron chi connectivity index (χ2n) is 22.7. The maximum atomic E-state index is 12.2. The van der Waals surface area contributed by atoms with Crippen molar-refractivity contribution in [2.75, 3.05) is 45.8 Å². The molecule has 63 heteroatoms. The Morgan fingerprint density at radius 3 is 0.390 bits per heavy atom. The predicted octanol–water partition coefficient (Wildman–Crippen LogP) is 3.22. The van der Waals surface area contributed by atoms with Gasteiger partial charge in [-0.05, 0) is 77.4 Å². The Morgan fingerprint density at radius 1 is 0.181 bits per heavy atom. The maximum absolute atomic E-state index is 12.2. The van der Waals surface area contributed by atoms with Crippen LogP contribution in [0.1, 0.15) is 0 Å². The zero-order valence-corrected chi connectivity index (χ0v) is 52.8. The van der Waals surface area contributed by atoms with Crippen molar-refractivity contribution in [3.05, 3.63) is 146 Å². The topological polar surface area (TPSA) is 953 Å². The lowest BCUT2D eigenvalue weighted by atomic mass is 9.92. The van der Waals surface area contributed by atoms with Gasteiger partial charge in [0.2, 0.25) is 0 Å². The lowest BCUT2D eigenvalue weighted by Gasteiger charge is -2.50. The molecule has 560 valence electrons. The zero-order chi connectivity index (χ0) is 75.9. The van der Waals surface area contributed by atoms with Gasteiger partial charge in [-0.2, -0.15) is 0 Å². The first-order valence-corrected chi connectivity index (χ1v) is 30.2. The fourth-order valence-corrected chi connectivity index (χ4v) is 12.6. The lowest BCUT2D eigenvalue weighted by Crippen LogP contribution is -2.67. The summed E-state index contributed by atoms with van der Waals surface area (Å²) in [5.74, 6) is 0.